The summed E-state index contributed by atoms with van der Waals surface area (Å²) < 4.78 is 1.15. The van der Waals surface area contributed by atoms with E-state index in [0.29, 0.717) is 0 Å². The van der Waals surface area contributed by atoms with Crippen molar-refractivity contribution in [2.75, 3.05) is 0 Å². The maximum absolute atomic E-state index is 9.40. The van der Waals surface area contributed by atoms with Gasteiger partial charge in [-0.3, -0.25) is 0 Å². The number of benzene rings is 1. The van der Waals surface area contributed by atoms with Gasteiger partial charge in [0.2, 0.25) is 0 Å². The summed E-state index contributed by atoms with van der Waals surface area (Å²) in [5.74, 6) is 0. The van der Waals surface area contributed by atoms with Crippen LogP contribution in [0.5, 0.6) is 0 Å². The van der Waals surface area contributed by atoms with Crippen LogP contribution in [0.25, 0.3) is 0 Å². The fraction of sp³-hybridized carbons (Fsp3) is 0.200. The Bertz CT molecular complexity index is 283. The van der Waals surface area contributed by atoms with Gasteiger partial charge in [0, 0.05) is 3.57 Å². The summed E-state index contributed by atoms with van der Waals surface area (Å²) in [5.41, 5.74) is 6.70. The topological polar surface area (TPSA) is 46.2 Å². The van der Waals surface area contributed by atoms with Crippen LogP contribution in [0.2, 0.25) is 0 Å². The molecule has 0 bridgehead atoms. The van der Waals surface area contributed by atoms with E-state index in [1.54, 1.807) is 0 Å². The second kappa shape index (κ2) is 4.74. The monoisotopic (exact) mass is 289 g/mol. The number of aliphatic hydroxyl groups excluding tert-OH is 1. The molecule has 0 aromatic heterocycles. The molecule has 0 radical (unpaired) electrons. The molecule has 0 fully saturated rings. The number of hydrogen-bond acceptors (Lipinski definition) is 2. The summed E-state index contributed by atoms with van der Waals surface area (Å²) >= 11 is 2.22. The molecular formula is C10H12INO. The van der Waals surface area contributed by atoms with Gasteiger partial charge in [-0.2, -0.15) is 0 Å². The Morgan fingerprint density at radius 3 is 2.38 bits per heavy atom. The van der Waals surface area contributed by atoms with Gasteiger partial charge in [-0.15, -0.1) is 6.58 Å². The molecule has 0 saturated carbocycles. The molecule has 0 aliphatic carbocycles. The molecule has 0 aliphatic rings. The van der Waals surface area contributed by atoms with E-state index in [9.17, 15) is 5.11 Å². The summed E-state index contributed by atoms with van der Waals surface area (Å²) in [4.78, 5) is 0. The molecule has 1 aromatic rings. The van der Waals surface area contributed by atoms with Crippen LogP contribution in [0, 0.1) is 3.57 Å². The Hall–Kier alpha value is -0.390. The standard InChI is InChI=1S/C10H12INO/c1-2-9(13)10(12)7-3-5-8(11)6-4-7/h2-6,9-10,13H,1,12H2. The van der Waals surface area contributed by atoms with Crippen molar-refractivity contribution in [1.29, 1.82) is 0 Å². The van der Waals surface area contributed by atoms with E-state index in [1.807, 2.05) is 24.3 Å². The van der Waals surface area contributed by atoms with Gasteiger partial charge in [0.1, 0.15) is 0 Å². The quantitative estimate of drug-likeness (QED) is 0.659. The summed E-state index contributed by atoms with van der Waals surface area (Å²) in [6, 6.07) is 7.38. The zero-order valence-corrected chi connectivity index (χ0v) is 9.31. The lowest BCUT2D eigenvalue weighted by molar-refractivity contribution is 0.192. The first-order chi connectivity index (χ1) is 6.15. The lowest BCUT2D eigenvalue weighted by Crippen LogP contribution is -2.23. The van der Waals surface area contributed by atoms with Gasteiger partial charge in [0.25, 0.3) is 0 Å². The summed E-state index contributed by atoms with van der Waals surface area (Å²) in [5, 5.41) is 9.40. The molecule has 0 spiro atoms. The number of hydrogen-bond donors (Lipinski definition) is 2. The minimum atomic E-state index is -0.680. The lowest BCUT2D eigenvalue weighted by Gasteiger charge is -2.15. The molecule has 70 valence electrons. The van der Waals surface area contributed by atoms with Crippen molar-refractivity contribution in [3.8, 4) is 0 Å². The van der Waals surface area contributed by atoms with Crippen LogP contribution in [-0.4, -0.2) is 11.2 Å². The van der Waals surface area contributed by atoms with E-state index in [0.717, 1.165) is 9.13 Å². The third kappa shape index (κ3) is 2.79. The first kappa shape index (κ1) is 10.7. The third-order valence-electron chi connectivity index (χ3n) is 1.86. The Morgan fingerprint density at radius 2 is 1.92 bits per heavy atom. The van der Waals surface area contributed by atoms with Crippen LogP contribution in [0.4, 0.5) is 0 Å². The third-order valence-corrected chi connectivity index (χ3v) is 2.58. The van der Waals surface area contributed by atoms with Crippen molar-refractivity contribution in [2.24, 2.45) is 5.73 Å². The van der Waals surface area contributed by atoms with Crippen molar-refractivity contribution in [1.82, 2.24) is 0 Å². The fourth-order valence-electron chi connectivity index (χ4n) is 1.03. The maximum atomic E-state index is 9.40. The van der Waals surface area contributed by atoms with Crippen molar-refractivity contribution >= 4 is 22.6 Å². The number of halogens is 1. The molecule has 0 heterocycles. The first-order valence-electron chi connectivity index (χ1n) is 3.97. The van der Waals surface area contributed by atoms with Crippen LogP contribution in [0.3, 0.4) is 0 Å². The second-order valence-electron chi connectivity index (χ2n) is 2.80. The number of nitrogens with two attached hydrogens (primary N) is 1. The molecule has 13 heavy (non-hydrogen) atoms. The lowest BCUT2D eigenvalue weighted by atomic mass is 10.0. The Kier molecular flexibility index (Phi) is 3.90. The fourth-order valence-corrected chi connectivity index (χ4v) is 1.39. The average molecular weight is 289 g/mol. The molecular weight excluding hydrogens is 277 g/mol. The summed E-state index contributed by atoms with van der Waals surface area (Å²) in [7, 11) is 0. The smallest absolute Gasteiger partial charge is 0.0910 e. The molecule has 0 amide bonds. The van der Waals surface area contributed by atoms with Crippen molar-refractivity contribution in [2.45, 2.75) is 12.1 Å². The normalized spacial score (nSPS) is 15.0. The molecule has 3 N–H and O–H groups in total. The minimum Gasteiger partial charge on any atom is -0.387 e. The SMILES string of the molecule is C=CC(O)C(N)c1ccc(I)cc1. The van der Waals surface area contributed by atoms with E-state index in [4.69, 9.17) is 5.73 Å². The molecule has 1 rings (SSSR count). The molecule has 2 unspecified atom stereocenters. The molecule has 0 saturated heterocycles. The summed E-state index contributed by atoms with van der Waals surface area (Å²) in [6.45, 7) is 3.49. The second-order valence-corrected chi connectivity index (χ2v) is 4.05. The molecule has 0 aliphatic heterocycles. The number of aliphatic hydroxyl groups is 1. The highest BCUT2D eigenvalue weighted by Crippen LogP contribution is 2.16. The average Bonchev–Trinajstić information content (AvgIpc) is 2.17. The number of rotatable bonds is 3. The van der Waals surface area contributed by atoms with Gasteiger partial charge in [-0.25, -0.2) is 0 Å². The van der Waals surface area contributed by atoms with E-state index in [1.165, 1.54) is 6.08 Å². The minimum absolute atomic E-state index is 0.380. The highest BCUT2D eigenvalue weighted by Gasteiger charge is 2.12. The molecule has 3 heteroatoms. The molecule has 2 atom stereocenters. The van der Waals surface area contributed by atoms with Crippen molar-refractivity contribution in [3.05, 3.63) is 46.1 Å². The van der Waals surface area contributed by atoms with Crippen LogP contribution in [0.1, 0.15) is 11.6 Å². The van der Waals surface area contributed by atoms with E-state index in [-0.39, 0.29) is 6.04 Å². The predicted octanol–water partition coefficient (Wildman–Crippen LogP) is 1.84. The van der Waals surface area contributed by atoms with Crippen LogP contribution >= 0.6 is 22.6 Å². The maximum Gasteiger partial charge on any atom is 0.0910 e. The first-order valence-corrected chi connectivity index (χ1v) is 5.04. The van der Waals surface area contributed by atoms with Crippen molar-refractivity contribution < 1.29 is 5.11 Å². The molecule has 1 aromatic carbocycles. The predicted molar refractivity (Wildman–Crippen MR) is 62.3 cm³/mol. The van der Waals surface area contributed by atoms with Gasteiger partial charge < -0.3 is 10.8 Å². The van der Waals surface area contributed by atoms with Gasteiger partial charge in [-0.05, 0) is 40.3 Å². The Labute approximate surface area is 91.6 Å². The van der Waals surface area contributed by atoms with Crippen LogP contribution in [-0.2, 0) is 0 Å². The van der Waals surface area contributed by atoms with Gasteiger partial charge in [0.15, 0.2) is 0 Å². The van der Waals surface area contributed by atoms with Crippen LogP contribution < -0.4 is 5.73 Å². The van der Waals surface area contributed by atoms with Gasteiger partial charge in [0.05, 0.1) is 12.1 Å². The van der Waals surface area contributed by atoms with Crippen LogP contribution in [0.15, 0.2) is 36.9 Å². The van der Waals surface area contributed by atoms with E-state index < -0.39 is 6.10 Å². The highest BCUT2D eigenvalue weighted by atomic mass is 127. The zero-order valence-electron chi connectivity index (χ0n) is 7.15. The summed E-state index contributed by atoms with van der Waals surface area (Å²) in [6.07, 6.45) is 0.767. The van der Waals surface area contributed by atoms with Gasteiger partial charge >= 0.3 is 0 Å². The Morgan fingerprint density at radius 1 is 1.38 bits per heavy atom. The largest absolute Gasteiger partial charge is 0.387 e. The molecule has 2 nitrogen and oxygen atoms in total. The highest BCUT2D eigenvalue weighted by molar-refractivity contribution is 14.1. The van der Waals surface area contributed by atoms with Crippen molar-refractivity contribution in [3.63, 3.8) is 0 Å². The van der Waals surface area contributed by atoms with E-state index in [2.05, 4.69) is 29.2 Å². The van der Waals surface area contributed by atoms with Gasteiger partial charge in [-0.1, -0.05) is 18.2 Å². The zero-order chi connectivity index (χ0) is 9.84. The van der Waals surface area contributed by atoms with E-state index >= 15 is 0 Å². The Balaban J connectivity index is 2.82.